The van der Waals surface area contributed by atoms with Gasteiger partial charge in [0.2, 0.25) is 0 Å². The Hall–Kier alpha value is -1.65. The molecule has 1 aliphatic carbocycles. The second kappa shape index (κ2) is 6.00. The predicted molar refractivity (Wildman–Crippen MR) is 80.3 cm³/mol. The van der Waals surface area contributed by atoms with Crippen molar-refractivity contribution in [2.75, 3.05) is 0 Å². The molecule has 110 valence electrons. The quantitative estimate of drug-likeness (QED) is 0.897. The number of pyridine rings is 1. The van der Waals surface area contributed by atoms with Crippen molar-refractivity contribution in [3.63, 3.8) is 0 Å². The molecular weight excluding hydrogens is 291 g/mol. The van der Waals surface area contributed by atoms with E-state index >= 15 is 0 Å². The van der Waals surface area contributed by atoms with E-state index in [1.54, 1.807) is 6.07 Å². The highest BCUT2D eigenvalue weighted by molar-refractivity contribution is 6.30. The van der Waals surface area contributed by atoms with E-state index in [2.05, 4.69) is 10.3 Å². The van der Waals surface area contributed by atoms with Gasteiger partial charge in [0.05, 0.1) is 5.02 Å². The lowest BCUT2D eigenvalue weighted by molar-refractivity contribution is 0.469. The number of nitrogens with one attached hydrogen (secondary N) is 1. The lowest BCUT2D eigenvalue weighted by Gasteiger charge is -2.12. The van der Waals surface area contributed by atoms with E-state index < -0.39 is 5.82 Å². The minimum Gasteiger partial charge on any atom is -0.457 e. The fourth-order valence-electron chi connectivity index (χ4n) is 2.00. The van der Waals surface area contributed by atoms with Crippen molar-refractivity contribution in [1.82, 2.24) is 10.3 Å². The van der Waals surface area contributed by atoms with Gasteiger partial charge in [-0.3, -0.25) is 4.98 Å². The molecular formula is C16H16ClFN2O. The molecule has 1 saturated carbocycles. The molecule has 1 fully saturated rings. The van der Waals surface area contributed by atoms with Crippen LogP contribution in [-0.4, -0.2) is 11.0 Å². The lowest BCUT2D eigenvalue weighted by atomic mass is 10.2. The number of aromatic nitrogens is 1. The molecule has 1 heterocycles. The summed E-state index contributed by atoms with van der Waals surface area (Å²) >= 11 is 5.78. The Labute approximate surface area is 128 Å². The molecule has 0 saturated heterocycles. The number of rotatable bonds is 5. The molecule has 21 heavy (non-hydrogen) atoms. The zero-order chi connectivity index (χ0) is 14.8. The van der Waals surface area contributed by atoms with Gasteiger partial charge < -0.3 is 10.1 Å². The summed E-state index contributed by atoms with van der Waals surface area (Å²) in [5, 5.41) is 3.48. The van der Waals surface area contributed by atoms with Crippen LogP contribution in [0.3, 0.4) is 0 Å². The fourth-order valence-corrected chi connectivity index (χ4v) is 2.17. The number of hydrogen-bond acceptors (Lipinski definition) is 3. The summed E-state index contributed by atoms with van der Waals surface area (Å²) < 4.78 is 19.0. The Bertz CT molecular complexity index is 659. The molecule has 2 aromatic rings. The largest absolute Gasteiger partial charge is 0.457 e. The minimum atomic E-state index is -0.453. The van der Waals surface area contributed by atoms with E-state index in [9.17, 15) is 4.39 Å². The molecule has 1 N–H and O–H groups in total. The van der Waals surface area contributed by atoms with Gasteiger partial charge in [-0.1, -0.05) is 11.6 Å². The van der Waals surface area contributed by atoms with Crippen LogP contribution in [0, 0.1) is 12.7 Å². The first-order valence-corrected chi connectivity index (χ1v) is 7.31. The fraction of sp³-hybridized carbons (Fsp3) is 0.312. The molecule has 0 amide bonds. The maximum absolute atomic E-state index is 13.2. The molecule has 1 aromatic carbocycles. The first-order valence-electron chi connectivity index (χ1n) is 6.93. The van der Waals surface area contributed by atoms with Crippen molar-refractivity contribution in [1.29, 1.82) is 0 Å². The molecule has 1 aliphatic rings. The average Bonchev–Trinajstić information content (AvgIpc) is 3.26. The van der Waals surface area contributed by atoms with Crippen LogP contribution in [0.2, 0.25) is 5.02 Å². The number of ether oxygens (including phenoxy) is 1. The molecule has 0 unspecified atom stereocenters. The molecule has 0 radical (unpaired) electrons. The van der Waals surface area contributed by atoms with Gasteiger partial charge in [-0.2, -0.15) is 0 Å². The smallest absolute Gasteiger partial charge is 0.142 e. The van der Waals surface area contributed by atoms with Gasteiger partial charge in [-0.15, -0.1) is 0 Å². The van der Waals surface area contributed by atoms with Gasteiger partial charge in [0.15, 0.2) is 0 Å². The van der Waals surface area contributed by atoms with Crippen LogP contribution in [0.5, 0.6) is 11.5 Å². The molecule has 0 atom stereocenters. The summed E-state index contributed by atoms with van der Waals surface area (Å²) in [6.07, 6.45) is 4.26. The van der Waals surface area contributed by atoms with Crippen LogP contribution in [0.1, 0.15) is 24.1 Å². The summed E-state index contributed by atoms with van der Waals surface area (Å²) in [5.41, 5.74) is 1.85. The molecule has 1 aromatic heterocycles. The SMILES string of the molecule is Cc1cc(Oc2ccc(F)c(Cl)c2)c(CNC2CC2)cn1. The topological polar surface area (TPSA) is 34.1 Å². The molecule has 0 aliphatic heterocycles. The summed E-state index contributed by atoms with van der Waals surface area (Å²) in [6.45, 7) is 2.62. The normalized spacial score (nSPS) is 14.2. The Morgan fingerprint density at radius 3 is 2.90 bits per heavy atom. The van der Waals surface area contributed by atoms with Gasteiger partial charge in [-0.05, 0) is 31.9 Å². The van der Waals surface area contributed by atoms with E-state index in [4.69, 9.17) is 16.3 Å². The number of benzene rings is 1. The van der Waals surface area contributed by atoms with E-state index in [-0.39, 0.29) is 5.02 Å². The van der Waals surface area contributed by atoms with Crippen LogP contribution in [0.4, 0.5) is 4.39 Å². The summed E-state index contributed by atoms with van der Waals surface area (Å²) in [5.74, 6) is 0.781. The van der Waals surface area contributed by atoms with Crippen molar-refractivity contribution >= 4 is 11.6 Å². The average molecular weight is 307 g/mol. The van der Waals surface area contributed by atoms with E-state index in [0.29, 0.717) is 18.3 Å². The highest BCUT2D eigenvalue weighted by atomic mass is 35.5. The van der Waals surface area contributed by atoms with Crippen molar-refractivity contribution < 1.29 is 9.13 Å². The molecule has 0 bridgehead atoms. The monoisotopic (exact) mass is 306 g/mol. The van der Waals surface area contributed by atoms with Crippen LogP contribution in [0.15, 0.2) is 30.5 Å². The third-order valence-electron chi connectivity index (χ3n) is 3.36. The van der Waals surface area contributed by atoms with Crippen LogP contribution >= 0.6 is 11.6 Å². The number of hydrogen-bond donors (Lipinski definition) is 1. The third-order valence-corrected chi connectivity index (χ3v) is 3.65. The van der Waals surface area contributed by atoms with Crippen molar-refractivity contribution in [2.45, 2.75) is 32.4 Å². The maximum Gasteiger partial charge on any atom is 0.142 e. The minimum absolute atomic E-state index is 0.0518. The summed E-state index contributed by atoms with van der Waals surface area (Å²) in [6, 6.07) is 6.83. The zero-order valence-electron chi connectivity index (χ0n) is 11.7. The lowest BCUT2D eigenvalue weighted by Crippen LogP contribution is -2.16. The zero-order valence-corrected chi connectivity index (χ0v) is 12.5. The number of nitrogens with zero attached hydrogens (tertiary/aromatic N) is 1. The van der Waals surface area contributed by atoms with Crippen LogP contribution < -0.4 is 10.1 Å². The van der Waals surface area contributed by atoms with Crippen molar-refractivity contribution in [3.8, 4) is 11.5 Å². The second-order valence-electron chi connectivity index (χ2n) is 5.27. The highest BCUT2D eigenvalue weighted by Crippen LogP contribution is 2.29. The molecule has 3 nitrogen and oxygen atoms in total. The Morgan fingerprint density at radius 1 is 1.38 bits per heavy atom. The van der Waals surface area contributed by atoms with Crippen molar-refractivity contribution in [2.24, 2.45) is 0 Å². The highest BCUT2D eigenvalue weighted by Gasteiger charge is 2.21. The molecule has 0 spiro atoms. The molecule has 3 rings (SSSR count). The van der Waals surface area contributed by atoms with Gasteiger partial charge in [-0.25, -0.2) is 4.39 Å². The van der Waals surface area contributed by atoms with Crippen molar-refractivity contribution in [3.05, 3.63) is 52.6 Å². The Morgan fingerprint density at radius 2 is 2.19 bits per heavy atom. The van der Waals surface area contributed by atoms with Gasteiger partial charge in [0, 0.05) is 42.2 Å². The second-order valence-corrected chi connectivity index (χ2v) is 5.67. The van der Waals surface area contributed by atoms with E-state index in [1.165, 1.54) is 25.0 Å². The van der Waals surface area contributed by atoms with Gasteiger partial charge in [0.25, 0.3) is 0 Å². The third kappa shape index (κ3) is 3.71. The van der Waals surface area contributed by atoms with Crippen LogP contribution in [-0.2, 0) is 6.54 Å². The van der Waals surface area contributed by atoms with Gasteiger partial charge >= 0.3 is 0 Å². The number of aryl methyl sites for hydroxylation is 1. The predicted octanol–water partition coefficient (Wildman–Crippen LogP) is 4.23. The van der Waals surface area contributed by atoms with E-state index in [0.717, 1.165) is 17.0 Å². The molecule has 5 heteroatoms. The standard InChI is InChI=1S/C16H16ClFN2O/c1-10-6-16(11(8-19-10)9-20-12-2-3-12)21-13-4-5-15(18)14(17)7-13/h4-8,12,20H,2-3,9H2,1H3. The van der Waals surface area contributed by atoms with E-state index in [1.807, 2.05) is 19.2 Å². The Kier molecular flexibility index (Phi) is 4.08. The van der Waals surface area contributed by atoms with Crippen LogP contribution in [0.25, 0.3) is 0 Å². The summed E-state index contributed by atoms with van der Waals surface area (Å²) in [7, 11) is 0. The summed E-state index contributed by atoms with van der Waals surface area (Å²) in [4.78, 5) is 4.31. The first-order chi connectivity index (χ1) is 10.1. The Balaban J connectivity index is 1.81. The van der Waals surface area contributed by atoms with Gasteiger partial charge in [0.1, 0.15) is 17.3 Å². The maximum atomic E-state index is 13.2. The first kappa shape index (κ1) is 14.3. The number of halogens is 2.